The Hall–Kier alpha value is -0.970. The Morgan fingerprint density at radius 3 is 2.62 bits per heavy atom. The van der Waals surface area contributed by atoms with Gasteiger partial charge in [0.25, 0.3) is 0 Å². The molecular formula is C16H23ClN2O2. The molecule has 1 fully saturated rings. The molecule has 0 aromatic heterocycles. The van der Waals surface area contributed by atoms with Crippen LogP contribution in [-0.4, -0.2) is 37.7 Å². The lowest BCUT2D eigenvalue weighted by Gasteiger charge is -2.34. The van der Waals surface area contributed by atoms with E-state index in [1.165, 1.54) is 19.3 Å². The van der Waals surface area contributed by atoms with Gasteiger partial charge in [-0.2, -0.15) is 0 Å². The van der Waals surface area contributed by atoms with Gasteiger partial charge in [-0.15, -0.1) is 0 Å². The number of fused-ring (bicyclic) bond motifs is 1. The topological polar surface area (TPSA) is 47.7 Å². The van der Waals surface area contributed by atoms with Gasteiger partial charge in [-0.25, -0.2) is 0 Å². The van der Waals surface area contributed by atoms with Crippen LogP contribution in [0.5, 0.6) is 11.5 Å². The average Bonchev–Trinajstić information content (AvgIpc) is 2.75. The standard InChI is InChI=1S/C16H23ClN2O2/c17-13-9-12(10-15-16(13)21-8-4-7-20-15)14(11-18)19-5-2-1-3-6-19/h9-10,14H,1-8,11,18H2. The van der Waals surface area contributed by atoms with Crippen molar-refractivity contribution >= 4 is 11.6 Å². The van der Waals surface area contributed by atoms with Crippen LogP contribution in [0.4, 0.5) is 0 Å². The number of likely N-dealkylation sites (tertiary alicyclic amines) is 1. The fourth-order valence-corrected chi connectivity index (χ4v) is 3.44. The van der Waals surface area contributed by atoms with E-state index in [4.69, 9.17) is 26.8 Å². The number of halogens is 1. The van der Waals surface area contributed by atoms with Crippen molar-refractivity contribution in [2.45, 2.75) is 31.7 Å². The van der Waals surface area contributed by atoms with Crippen molar-refractivity contribution in [2.24, 2.45) is 5.73 Å². The molecule has 116 valence electrons. The van der Waals surface area contributed by atoms with Gasteiger partial charge in [-0.05, 0) is 43.6 Å². The summed E-state index contributed by atoms with van der Waals surface area (Å²) in [6, 6.07) is 4.25. The van der Waals surface area contributed by atoms with Gasteiger partial charge in [0, 0.05) is 19.0 Å². The van der Waals surface area contributed by atoms with Gasteiger partial charge in [0.1, 0.15) is 0 Å². The molecule has 1 unspecified atom stereocenters. The Kier molecular flexibility index (Phi) is 4.88. The third-order valence-electron chi connectivity index (χ3n) is 4.26. The number of hydrogen-bond donors (Lipinski definition) is 1. The maximum absolute atomic E-state index is 6.40. The first-order chi connectivity index (χ1) is 10.3. The zero-order valence-corrected chi connectivity index (χ0v) is 13.1. The summed E-state index contributed by atoms with van der Waals surface area (Å²) in [6.07, 6.45) is 4.69. The Bertz CT molecular complexity index is 489. The third kappa shape index (κ3) is 3.28. The Labute approximate surface area is 131 Å². The molecule has 2 N–H and O–H groups in total. The second kappa shape index (κ2) is 6.86. The molecule has 1 aromatic rings. The molecule has 1 aromatic carbocycles. The maximum Gasteiger partial charge on any atom is 0.179 e. The fourth-order valence-electron chi connectivity index (χ4n) is 3.17. The second-order valence-corrected chi connectivity index (χ2v) is 6.14. The van der Waals surface area contributed by atoms with Crippen molar-refractivity contribution in [3.63, 3.8) is 0 Å². The average molecular weight is 311 g/mol. The summed E-state index contributed by atoms with van der Waals surface area (Å²) in [5.74, 6) is 1.43. The van der Waals surface area contributed by atoms with Crippen LogP contribution in [0.25, 0.3) is 0 Å². The van der Waals surface area contributed by atoms with Crippen LogP contribution < -0.4 is 15.2 Å². The van der Waals surface area contributed by atoms with Crippen molar-refractivity contribution in [3.8, 4) is 11.5 Å². The first kappa shape index (κ1) is 14.9. The lowest BCUT2D eigenvalue weighted by atomic mass is 10.0. The predicted octanol–water partition coefficient (Wildman–Crippen LogP) is 2.99. The summed E-state index contributed by atoms with van der Waals surface area (Å²) >= 11 is 6.40. The molecule has 0 bridgehead atoms. The number of ether oxygens (including phenoxy) is 2. The normalized spacial score (nSPS) is 20.9. The molecule has 2 aliphatic rings. The molecule has 5 heteroatoms. The van der Waals surface area contributed by atoms with Crippen molar-refractivity contribution in [1.29, 1.82) is 0 Å². The lowest BCUT2D eigenvalue weighted by Crippen LogP contribution is -2.37. The maximum atomic E-state index is 6.40. The quantitative estimate of drug-likeness (QED) is 0.932. The van der Waals surface area contributed by atoms with Gasteiger partial charge >= 0.3 is 0 Å². The number of nitrogens with zero attached hydrogens (tertiary/aromatic N) is 1. The molecule has 0 spiro atoms. The van der Waals surface area contributed by atoms with Crippen LogP contribution in [0.1, 0.15) is 37.3 Å². The third-order valence-corrected chi connectivity index (χ3v) is 4.54. The van der Waals surface area contributed by atoms with Crippen LogP contribution in [0.15, 0.2) is 12.1 Å². The lowest BCUT2D eigenvalue weighted by molar-refractivity contribution is 0.167. The largest absolute Gasteiger partial charge is 0.489 e. The van der Waals surface area contributed by atoms with Crippen molar-refractivity contribution in [2.75, 3.05) is 32.8 Å². The van der Waals surface area contributed by atoms with E-state index in [1.807, 2.05) is 6.07 Å². The molecule has 0 aliphatic carbocycles. The molecule has 0 radical (unpaired) electrons. The molecule has 3 rings (SSSR count). The zero-order chi connectivity index (χ0) is 14.7. The monoisotopic (exact) mass is 310 g/mol. The molecule has 21 heavy (non-hydrogen) atoms. The van der Waals surface area contributed by atoms with Gasteiger partial charge in [0.15, 0.2) is 11.5 Å². The van der Waals surface area contributed by atoms with E-state index in [9.17, 15) is 0 Å². The molecule has 2 aliphatic heterocycles. The summed E-state index contributed by atoms with van der Waals surface area (Å²) in [7, 11) is 0. The summed E-state index contributed by atoms with van der Waals surface area (Å²) in [6.45, 7) is 4.13. The summed E-state index contributed by atoms with van der Waals surface area (Å²) < 4.78 is 11.5. The second-order valence-electron chi connectivity index (χ2n) is 5.73. The minimum Gasteiger partial charge on any atom is -0.489 e. The summed E-state index contributed by atoms with van der Waals surface area (Å²) in [5, 5.41) is 0.625. The van der Waals surface area contributed by atoms with Gasteiger partial charge in [0.05, 0.1) is 18.2 Å². The molecule has 1 saturated heterocycles. The van der Waals surface area contributed by atoms with Gasteiger partial charge in [-0.1, -0.05) is 18.0 Å². The highest BCUT2D eigenvalue weighted by molar-refractivity contribution is 6.32. The molecule has 0 saturated carbocycles. The van der Waals surface area contributed by atoms with E-state index in [2.05, 4.69) is 11.0 Å². The summed E-state index contributed by atoms with van der Waals surface area (Å²) in [4.78, 5) is 2.46. The van der Waals surface area contributed by atoms with Crippen molar-refractivity contribution in [1.82, 2.24) is 4.90 Å². The first-order valence-corrected chi connectivity index (χ1v) is 8.20. The minimum atomic E-state index is 0.208. The van der Waals surface area contributed by atoms with E-state index in [0.717, 1.165) is 30.8 Å². The molecule has 0 amide bonds. The highest BCUT2D eigenvalue weighted by Gasteiger charge is 2.24. The van der Waals surface area contributed by atoms with Crippen LogP contribution >= 0.6 is 11.6 Å². The number of hydrogen-bond acceptors (Lipinski definition) is 4. The van der Waals surface area contributed by atoms with Gasteiger partial charge < -0.3 is 15.2 Å². The smallest absolute Gasteiger partial charge is 0.179 e. The van der Waals surface area contributed by atoms with E-state index in [0.29, 0.717) is 30.5 Å². The van der Waals surface area contributed by atoms with E-state index in [-0.39, 0.29) is 6.04 Å². The van der Waals surface area contributed by atoms with Crippen LogP contribution in [0.2, 0.25) is 5.02 Å². The van der Waals surface area contributed by atoms with Crippen LogP contribution in [0, 0.1) is 0 Å². The first-order valence-electron chi connectivity index (χ1n) is 7.83. The van der Waals surface area contributed by atoms with Crippen molar-refractivity contribution < 1.29 is 9.47 Å². The molecular weight excluding hydrogens is 288 g/mol. The highest BCUT2D eigenvalue weighted by atomic mass is 35.5. The zero-order valence-electron chi connectivity index (χ0n) is 12.3. The molecule has 4 nitrogen and oxygen atoms in total. The SMILES string of the molecule is NCC(c1cc(Cl)c2c(c1)OCCCO2)N1CCCCC1. The van der Waals surface area contributed by atoms with E-state index >= 15 is 0 Å². The number of rotatable bonds is 3. The number of piperidine rings is 1. The van der Waals surface area contributed by atoms with Gasteiger partial charge in [-0.3, -0.25) is 4.90 Å². The Balaban J connectivity index is 1.89. The Morgan fingerprint density at radius 2 is 1.86 bits per heavy atom. The van der Waals surface area contributed by atoms with E-state index < -0.39 is 0 Å². The van der Waals surface area contributed by atoms with Crippen LogP contribution in [-0.2, 0) is 0 Å². The number of benzene rings is 1. The molecule has 2 heterocycles. The van der Waals surface area contributed by atoms with Crippen molar-refractivity contribution in [3.05, 3.63) is 22.7 Å². The Morgan fingerprint density at radius 1 is 1.10 bits per heavy atom. The predicted molar refractivity (Wildman–Crippen MR) is 84.3 cm³/mol. The van der Waals surface area contributed by atoms with Crippen LogP contribution in [0.3, 0.4) is 0 Å². The van der Waals surface area contributed by atoms with E-state index in [1.54, 1.807) is 0 Å². The number of nitrogens with two attached hydrogens (primary N) is 1. The highest BCUT2D eigenvalue weighted by Crippen LogP contribution is 2.40. The fraction of sp³-hybridized carbons (Fsp3) is 0.625. The van der Waals surface area contributed by atoms with Gasteiger partial charge in [0.2, 0.25) is 0 Å². The minimum absolute atomic E-state index is 0.208. The molecule has 1 atom stereocenters. The summed E-state index contributed by atoms with van der Waals surface area (Å²) in [5.41, 5.74) is 7.17.